The van der Waals surface area contributed by atoms with Gasteiger partial charge in [0.05, 0.1) is 18.6 Å². The van der Waals surface area contributed by atoms with Gasteiger partial charge in [-0.1, -0.05) is 6.92 Å². The summed E-state index contributed by atoms with van der Waals surface area (Å²) in [5, 5.41) is 1.13. The predicted octanol–water partition coefficient (Wildman–Crippen LogP) is 3.05. The smallest absolute Gasteiger partial charge is 0.253 e. The Labute approximate surface area is 186 Å². The lowest BCUT2D eigenvalue weighted by molar-refractivity contribution is 0.0746. The van der Waals surface area contributed by atoms with Crippen LogP contribution in [0, 0.1) is 0 Å². The first-order valence-corrected chi connectivity index (χ1v) is 11.7. The molecule has 1 amide bonds. The quantitative estimate of drug-likeness (QED) is 0.625. The van der Waals surface area contributed by atoms with Crippen LogP contribution in [0.5, 0.6) is 0 Å². The van der Waals surface area contributed by atoms with Crippen molar-refractivity contribution < 1.29 is 9.53 Å². The number of carbonyl (C=O) groups is 1. The minimum Gasteiger partial charge on any atom is -0.378 e. The van der Waals surface area contributed by atoms with E-state index in [0.717, 1.165) is 73.1 Å². The van der Waals surface area contributed by atoms with Gasteiger partial charge >= 0.3 is 0 Å². The van der Waals surface area contributed by atoms with E-state index >= 15 is 0 Å². The molecule has 4 heterocycles. The molecule has 0 N–H and O–H groups in total. The molecule has 8 heteroatoms. The van der Waals surface area contributed by atoms with E-state index < -0.39 is 0 Å². The molecule has 7 nitrogen and oxygen atoms in total. The van der Waals surface area contributed by atoms with E-state index in [1.54, 1.807) is 17.7 Å². The van der Waals surface area contributed by atoms with Gasteiger partial charge < -0.3 is 19.4 Å². The lowest BCUT2D eigenvalue weighted by atomic mass is 10.1. The van der Waals surface area contributed by atoms with Crippen molar-refractivity contribution in [3.05, 3.63) is 47.1 Å². The van der Waals surface area contributed by atoms with Crippen LogP contribution in [0.4, 0.5) is 11.5 Å². The first-order chi connectivity index (χ1) is 15.2. The minimum absolute atomic E-state index is 0.102. The third-order valence-corrected chi connectivity index (χ3v) is 7.25. The summed E-state index contributed by atoms with van der Waals surface area (Å²) in [6, 6.07) is 10.2. The van der Waals surface area contributed by atoms with Crippen molar-refractivity contribution in [3.8, 4) is 0 Å². The molecule has 5 rings (SSSR count). The summed E-state index contributed by atoms with van der Waals surface area (Å²) < 4.78 is 5.42. The van der Waals surface area contributed by atoms with Crippen LogP contribution in [0.15, 0.2) is 36.7 Å². The molecule has 162 valence electrons. The van der Waals surface area contributed by atoms with Gasteiger partial charge in [-0.25, -0.2) is 9.97 Å². The van der Waals surface area contributed by atoms with E-state index in [1.165, 1.54) is 4.88 Å². The second-order valence-electron chi connectivity index (χ2n) is 7.91. The van der Waals surface area contributed by atoms with E-state index in [0.29, 0.717) is 13.1 Å². The number of aromatic nitrogens is 2. The third-order valence-electron chi connectivity index (χ3n) is 6.06. The monoisotopic (exact) mass is 437 g/mol. The summed E-state index contributed by atoms with van der Waals surface area (Å²) in [6.45, 7) is 8.42. The van der Waals surface area contributed by atoms with Crippen molar-refractivity contribution >= 4 is 39.0 Å². The summed E-state index contributed by atoms with van der Waals surface area (Å²) in [4.78, 5) is 30.9. The molecule has 31 heavy (non-hydrogen) atoms. The normalized spacial score (nSPS) is 17.4. The standard InChI is InChI=1S/C23H27N5O2S/c1-2-19-15-20-21(24-16-25-22(20)31-19)27-7-9-28(10-8-27)23(29)17-3-5-18(6-4-17)26-11-13-30-14-12-26/h3-6,15-16H,2,7-14H2,1H3. The molecule has 0 spiro atoms. The van der Waals surface area contributed by atoms with Gasteiger partial charge in [-0.3, -0.25) is 4.79 Å². The Morgan fingerprint density at radius 2 is 1.74 bits per heavy atom. The van der Waals surface area contributed by atoms with Crippen molar-refractivity contribution in [1.29, 1.82) is 0 Å². The molecule has 0 unspecified atom stereocenters. The molecule has 2 aromatic heterocycles. The van der Waals surface area contributed by atoms with Gasteiger partial charge in [-0.05, 0) is 36.8 Å². The highest BCUT2D eigenvalue weighted by Gasteiger charge is 2.24. The number of piperazine rings is 1. The average molecular weight is 438 g/mol. The number of fused-ring (bicyclic) bond motifs is 1. The maximum atomic E-state index is 13.0. The Kier molecular flexibility index (Phi) is 5.74. The van der Waals surface area contributed by atoms with Gasteiger partial charge in [0.25, 0.3) is 5.91 Å². The van der Waals surface area contributed by atoms with Crippen LogP contribution in [0.1, 0.15) is 22.2 Å². The number of nitrogens with zero attached hydrogens (tertiary/aromatic N) is 5. The number of benzene rings is 1. The van der Waals surface area contributed by atoms with Crippen LogP contribution in [-0.2, 0) is 11.2 Å². The fourth-order valence-electron chi connectivity index (χ4n) is 4.26. The van der Waals surface area contributed by atoms with Gasteiger partial charge in [0.2, 0.25) is 0 Å². The van der Waals surface area contributed by atoms with Gasteiger partial charge in [0.15, 0.2) is 0 Å². The molecule has 2 saturated heterocycles. The predicted molar refractivity (Wildman–Crippen MR) is 124 cm³/mol. The van der Waals surface area contributed by atoms with Crippen LogP contribution >= 0.6 is 11.3 Å². The molecule has 3 aromatic rings. The lowest BCUT2D eigenvalue weighted by Gasteiger charge is -2.35. The van der Waals surface area contributed by atoms with Crippen molar-refractivity contribution in [2.24, 2.45) is 0 Å². The number of hydrogen-bond donors (Lipinski definition) is 0. The van der Waals surface area contributed by atoms with Crippen LogP contribution in [0.2, 0.25) is 0 Å². The number of ether oxygens (including phenoxy) is 1. The summed E-state index contributed by atoms with van der Waals surface area (Å²) >= 11 is 1.74. The number of thiophene rings is 1. The number of hydrogen-bond acceptors (Lipinski definition) is 7. The molecule has 2 aliphatic rings. The number of aryl methyl sites for hydroxylation is 1. The topological polar surface area (TPSA) is 61.8 Å². The largest absolute Gasteiger partial charge is 0.378 e. The molecule has 0 radical (unpaired) electrons. The van der Waals surface area contributed by atoms with Crippen LogP contribution < -0.4 is 9.80 Å². The Hall–Kier alpha value is -2.71. The summed E-state index contributed by atoms with van der Waals surface area (Å²) in [5.74, 6) is 1.09. The molecule has 2 aliphatic heterocycles. The molecular weight excluding hydrogens is 410 g/mol. The van der Waals surface area contributed by atoms with Gasteiger partial charge in [-0.2, -0.15) is 0 Å². The summed E-state index contributed by atoms with van der Waals surface area (Å²) in [6.07, 6.45) is 2.66. The second-order valence-corrected chi connectivity index (χ2v) is 9.02. The van der Waals surface area contributed by atoms with E-state index in [2.05, 4.69) is 32.8 Å². The maximum absolute atomic E-state index is 13.0. The van der Waals surface area contributed by atoms with E-state index in [1.807, 2.05) is 29.2 Å². The molecule has 0 bridgehead atoms. The van der Waals surface area contributed by atoms with E-state index in [4.69, 9.17) is 4.74 Å². The molecule has 0 aliphatic carbocycles. The van der Waals surface area contributed by atoms with Gasteiger partial charge in [-0.15, -0.1) is 11.3 Å². The zero-order valence-electron chi connectivity index (χ0n) is 17.8. The van der Waals surface area contributed by atoms with Crippen molar-refractivity contribution in [2.75, 3.05) is 62.3 Å². The molecule has 0 saturated carbocycles. The molecule has 2 fully saturated rings. The highest BCUT2D eigenvalue weighted by Crippen LogP contribution is 2.31. The molecular formula is C23H27N5O2S. The minimum atomic E-state index is 0.102. The number of morpholine rings is 1. The SMILES string of the molecule is CCc1cc2c(N3CCN(C(=O)c4ccc(N5CCOCC5)cc4)CC3)ncnc2s1. The Balaban J connectivity index is 1.24. The van der Waals surface area contributed by atoms with Crippen LogP contribution in [-0.4, -0.2) is 73.3 Å². The Morgan fingerprint density at radius 1 is 1.00 bits per heavy atom. The lowest BCUT2D eigenvalue weighted by Crippen LogP contribution is -2.49. The average Bonchev–Trinajstić information content (AvgIpc) is 3.28. The maximum Gasteiger partial charge on any atom is 0.253 e. The van der Waals surface area contributed by atoms with Crippen molar-refractivity contribution in [3.63, 3.8) is 0 Å². The number of rotatable bonds is 4. The Bertz CT molecular complexity index is 1050. The highest BCUT2D eigenvalue weighted by atomic mass is 32.1. The third kappa shape index (κ3) is 4.09. The first kappa shape index (κ1) is 20.2. The summed E-state index contributed by atoms with van der Waals surface area (Å²) in [7, 11) is 0. The zero-order chi connectivity index (χ0) is 21.2. The van der Waals surface area contributed by atoms with Gasteiger partial charge in [0, 0.05) is 55.4 Å². The molecule has 1 aromatic carbocycles. The van der Waals surface area contributed by atoms with Crippen LogP contribution in [0.3, 0.4) is 0 Å². The van der Waals surface area contributed by atoms with E-state index in [-0.39, 0.29) is 5.91 Å². The van der Waals surface area contributed by atoms with Crippen molar-refractivity contribution in [2.45, 2.75) is 13.3 Å². The fraction of sp³-hybridized carbons (Fsp3) is 0.435. The van der Waals surface area contributed by atoms with Gasteiger partial charge in [0.1, 0.15) is 17.0 Å². The number of amides is 1. The fourth-order valence-corrected chi connectivity index (χ4v) is 5.19. The number of anilines is 2. The highest BCUT2D eigenvalue weighted by molar-refractivity contribution is 7.18. The zero-order valence-corrected chi connectivity index (χ0v) is 18.6. The Morgan fingerprint density at radius 3 is 2.45 bits per heavy atom. The van der Waals surface area contributed by atoms with Crippen LogP contribution in [0.25, 0.3) is 10.2 Å². The summed E-state index contributed by atoms with van der Waals surface area (Å²) in [5.41, 5.74) is 1.90. The molecule has 0 atom stereocenters. The number of carbonyl (C=O) groups excluding carboxylic acids is 1. The van der Waals surface area contributed by atoms with Crippen molar-refractivity contribution in [1.82, 2.24) is 14.9 Å². The second kappa shape index (κ2) is 8.80. The first-order valence-electron chi connectivity index (χ1n) is 10.9. The van der Waals surface area contributed by atoms with E-state index in [9.17, 15) is 4.79 Å².